The van der Waals surface area contributed by atoms with E-state index in [0.29, 0.717) is 18.4 Å². The number of carboxylic acid groups (broad SMARTS) is 1. The number of carbonyl (C=O) groups is 2. The number of hydrogen-bond acceptors (Lipinski definition) is 2. The van der Waals surface area contributed by atoms with Crippen LogP contribution >= 0.6 is 0 Å². The average molecular weight is 331 g/mol. The molecule has 23 heavy (non-hydrogen) atoms. The minimum absolute atomic E-state index is 0.00469. The molecule has 0 aromatic heterocycles. The molecule has 0 unspecified atom stereocenters. The van der Waals surface area contributed by atoms with Crippen LogP contribution in [0.4, 0.5) is 13.2 Å². The number of benzene rings is 1. The molecule has 0 aliphatic rings. The van der Waals surface area contributed by atoms with Crippen molar-refractivity contribution in [1.29, 1.82) is 0 Å². The Labute approximate surface area is 132 Å². The van der Waals surface area contributed by atoms with Crippen LogP contribution in [0.3, 0.4) is 0 Å². The Hall–Kier alpha value is -2.05. The van der Waals surface area contributed by atoms with Crippen molar-refractivity contribution in [2.24, 2.45) is 5.41 Å². The Morgan fingerprint density at radius 1 is 1.22 bits per heavy atom. The standard InChI is InChI=1S/C16H20F3NO3/c1-15(2,14(22)23)10-20-13(21)8-4-6-11-5-3-7-12(9-11)16(17,18)19/h3,5,7,9H,4,6,8,10H2,1-2H3,(H,20,21)(H,22,23). The third kappa shape index (κ3) is 6.30. The van der Waals surface area contributed by atoms with E-state index < -0.39 is 23.1 Å². The lowest BCUT2D eigenvalue weighted by Gasteiger charge is -2.19. The molecule has 0 saturated heterocycles. The van der Waals surface area contributed by atoms with E-state index >= 15 is 0 Å². The van der Waals surface area contributed by atoms with E-state index in [1.165, 1.54) is 19.9 Å². The van der Waals surface area contributed by atoms with Gasteiger partial charge in [0.25, 0.3) is 0 Å². The quantitative estimate of drug-likeness (QED) is 0.806. The maximum Gasteiger partial charge on any atom is 0.416 e. The molecule has 4 nitrogen and oxygen atoms in total. The Balaban J connectivity index is 2.43. The maximum atomic E-state index is 12.6. The first-order chi connectivity index (χ1) is 10.5. The van der Waals surface area contributed by atoms with Gasteiger partial charge in [-0.25, -0.2) is 0 Å². The highest BCUT2D eigenvalue weighted by Gasteiger charge is 2.30. The van der Waals surface area contributed by atoms with E-state index in [-0.39, 0.29) is 18.9 Å². The monoisotopic (exact) mass is 331 g/mol. The van der Waals surface area contributed by atoms with Gasteiger partial charge < -0.3 is 10.4 Å². The Morgan fingerprint density at radius 2 is 1.87 bits per heavy atom. The summed E-state index contributed by atoms with van der Waals surface area (Å²) in [5.41, 5.74) is -1.25. The first kappa shape index (κ1) is 19.0. The first-order valence-corrected chi connectivity index (χ1v) is 7.18. The summed E-state index contributed by atoms with van der Waals surface area (Å²) in [6.45, 7) is 3.00. The number of hydrogen-bond donors (Lipinski definition) is 2. The van der Waals surface area contributed by atoms with Crippen LogP contribution in [0.25, 0.3) is 0 Å². The smallest absolute Gasteiger partial charge is 0.416 e. The molecule has 2 N–H and O–H groups in total. The first-order valence-electron chi connectivity index (χ1n) is 7.18. The lowest BCUT2D eigenvalue weighted by Crippen LogP contribution is -2.38. The van der Waals surface area contributed by atoms with Crippen LogP contribution in [0.15, 0.2) is 24.3 Å². The van der Waals surface area contributed by atoms with E-state index in [4.69, 9.17) is 5.11 Å². The minimum Gasteiger partial charge on any atom is -0.481 e. The second kappa shape index (κ2) is 7.48. The fourth-order valence-electron chi connectivity index (χ4n) is 1.84. The summed E-state index contributed by atoms with van der Waals surface area (Å²) in [5.74, 6) is -1.33. The molecule has 1 aromatic carbocycles. The van der Waals surface area contributed by atoms with Crippen molar-refractivity contribution in [2.75, 3.05) is 6.54 Å². The van der Waals surface area contributed by atoms with Crippen molar-refractivity contribution in [2.45, 2.75) is 39.3 Å². The summed E-state index contributed by atoms with van der Waals surface area (Å²) in [4.78, 5) is 22.5. The zero-order valence-electron chi connectivity index (χ0n) is 13.0. The number of aryl methyl sites for hydroxylation is 1. The predicted molar refractivity (Wildman–Crippen MR) is 78.8 cm³/mol. The van der Waals surface area contributed by atoms with Crippen molar-refractivity contribution in [1.82, 2.24) is 5.32 Å². The summed E-state index contributed by atoms with van der Waals surface area (Å²) >= 11 is 0. The van der Waals surface area contributed by atoms with Gasteiger partial charge in [0.2, 0.25) is 5.91 Å². The maximum absolute atomic E-state index is 12.6. The zero-order chi connectivity index (χ0) is 17.7. The van der Waals surface area contributed by atoms with Crippen molar-refractivity contribution >= 4 is 11.9 Å². The lowest BCUT2D eigenvalue weighted by atomic mass is 9.94. The van der Waals surface area contributed by atoms with Gasteiger partial charge in [0.05, 0.1) is 11.0 Å². The van der Waals surface area contributed by atoms with Crippen LogP contribution in [0, 0.1) is 5.41 Å². The van der Waals surface area contributed by atoms with E-state index in [0.717, 1.165) is 12.1 Å². The summed E-state index contributed by atoms with van der Waals surface area (Å²) in [6.07, 6.45) is -3.51. The Bertz CT molecular complexity index is 568. The van der Waals surface area contributed by atoms with Gasteiger partial charge in [0.1, 0.15) is 0 Å². The molecular formula is C16H20F3NO3. The van der Waals surface area contributed by atoms with Crippen molar-refractivity contribution in [3.05, 3.63) is 35.4 Å². The molecule has 0 saturated carbocycles. The van der Waals surface area contributed by atoms with Crippen LogP contribution in [-0.4, -0.2) is 23.5 Å². The molecule has 0 atom stereocenters. The topological polar surface area (TPSA) is 66.4 Å². The van der Waals surface area contributed by atoms with Crippen molar-refractivity contribution < 1.29 is 27.9 Å². The molecule has 1 rings (SSSR count). The van der Waals surface area contributed by atoms with E-state index in [2.05, 4.69) is 5.32 Å². The highest BCUT2D eigenvalue weighted by Crippen LogP contribution is 2.29. The third-order valence-electron chi connectivity index (χ3n) is 3.43. The number of amides is 1. The van der Waals surface area contributed by atoms with E-state index in [1.807, 2.05) is 0 Å². The largest absolute Gasteiger partial charge is 0.481 e. The van der Waals surface area contributed by atoms with Crippen LogP contribution in [-0.2, 0) is 22.2 Å². The summed E-state index contributed by atoms with van der Waals surface area (Å²) in [6, 6.07) is 5.00. The fraction of sp³-hybridized carbons (Fsp3) is 0.500. The molecule has 0 bridgehead atoms. The van der Waals surface area contributed by atoms with E-state index in [1.54, 1.807) is 6.07 Å². The molecule has 0 fully saturated rings. The number of carboxylic acids is 1. The average Bonchev–Trinajstić information content (AvgIpc) is 2.44. The SMILES string of the molecule is CC(C)(CNC(=O)CCCc1cccc(C(F)(F)F)c1)C(=O)O. The summed E-state index contributed by atoms with van der Waals surface area (Å²) in [5, 5.41) is 11.5. The van der Waals surface area contributed by atoms with Crippen LogP contribution < -0.4 is 5.32 Å². The summed E-state index contributed by atoms with van der Waals surface area (Å²) in [7, 11) is 0. The van der Waals surface area contributed by atoms with Crippen molar-refractivity contribution in [3.63, 3.8) is 0 Å². The fourth-order valence-corrected chi connectivity index (χ4v) is 1.84. The predicted octanol–water partition coefficient (Wildman–Crippen LogP) is 3.26. The molecular weight excluding hydrogens is 311 g/mol. The van der Waals surface area contributed by atoms with Crippen LogP contribution in [0.2, 0.25) is 0 Å². The molecule has 0 spiro atoms. The van der Waals surface area contributed by atoms with Gasteiger partial charge in [0, 0.05) is 13.0 Å². The Morgan fingerprint density at radius 3 is 2.43 bits per heavy atom. The number of rotatable bonds is 7. The number of alkyl halides is 3. The number of halogens is 3. The Kier molecular flexibility index (Phi) is 6.18. The number of aliphatic carboxylic acids is 1. The zero-order valence-corrected chi connectivity index (χ0v) is 13.0. The molecule has 1 amide bonds. The molecule has 128 valence electrons. The minimum atomic E-state index is -4.38. The molecule has 0 aliphatic heterocycles. The van der Waals surface area contributed by atoms with E-state index in [9.17, 15) is 22.8 Å². The van der Waals surface area contributed by atoms with Crippen LogP contribution in [0.1, 0.15) is 37.8 Å². The third-order valence-corrected chi connectivity index (χ3v) is 3.43. The highest BCUT2D eigenvalue weighted by atomic mass is 19.4. The van der Waals surface area contributed by atoms with Gasteiger partial charge >= 0.3 is 12.1 Å². The van der Waals surface area contributed by atoms with Crippen LogP contribution in [0.5, 0.6) is 0 Å². The molecule has 0 heterocycles. The second-order valence-corrected chi connectivity index (χ2v) is 6.02. The molecule has 1 aromatic rings. The van der Waals surface area contributed by atoms with Gasteiger partial charge in [-0.2, -0.15) is 13.2 Å². The number of carbonyl (C=O) groups excluding carboxylic acids is 1. The molecule has 0 aliphatic carbocycles. The molecule has 7 heteroatoms. The number of nitrogens with one attached hydrogen (secondary N) is 1. The van der Waals surface area contributed by atoms with Gasteiger partial charge in [-0.15, -0.1) is 0 Å². The van der Waals surface area contributed by atoms with Crippen molar-refractivity contribution in [3.8, 4) is 0 Å². The summed E-state index contributed by atoms with van der Waals surface area (Å²) < 4.78 is 37.8. The lowest BCUT2D eigenvalue weighted by molar-refractivity contribution is -0.146. The normalized spacial score (nSPS) is 12.0. The highest BCUT2D eigenvalue weighted by molar-refractivity contribution is 5.78. The molecule has 0 radical (unpaired) electrons. The van der Waals surface area contributed by atoms with Gasteiger partial charge in [-0.1, -0.05) is 18.2 Å². The van der Waals surface area contributed by atoms with Gasteiger partial charge in [0.15, 0.2) is 0 Å². The van der Waals surface area contributed by atoms with Gasteiger partial charge in [-0.05, 0) is 38.3 Å². The van der Waals surface area contributed by atoms with Gasteiger partial charge in [-0.3, -0.25) is 9.59 Å². The second-order valence-electron chi connectivity index (χ2n) is 6.02.